The average molecular weight is 203 g/mol. The van der Waals surface area contributed by atoms with E-state index in [9.17, 15) is 4.79 Å². The number of esters is 1. The Bertz CT molecular complexity index is 465. The van der Waals surface area contributed by atoms with Crippen LogP contribution in [-0.2, 0) is 4.74 Å². The molecule has 2 aromatic rings. The Balaban J connectivity index is 2.32. The molecule has 0 aromatic carbocycles. The van der Waals surface area contributed by atoms with Crippen molar-refractivity contribution >= 4 is 5.97 Å². The molecule has 0 atom stereocenters. The van der Waals surface area contributed by atoms with Crippen molar-refractivity contribution in [2.75, 3.05) is 7.11 Å². The first kappa shape index (κ1) is 9.39. The Kier molecular flexibility index (Phi) is 2.45. The van der Waals surface area contributed by atoms with Crippen LogP contribution in [0.3, 0.4) is 0 Å². The molecule has 2 aromatic heterocycles. The second kappa shape index (κ2) is 3.91. The third-order valence-electron chi connectivity index (χ3n) is 1.90. The lowest BCUT2D eigenvalue weighted by Crippen LogP contribution is -2.03. The summed E-state index contributed by atoms with van der Waals surface area (Å²) in [4.78, 5) is 22.0. The molecule has 76 valence electrons. The van der Waals surface area contributed by atoms with Gasteiger partial charge in [-0.15, -0.1) is 0 Å². The van der Waals surface area contributed by atoms with Gasteiger partial charge in [-0.2, -0.15) is 0 Å². The standard InChI is InChI=1S/C10H9N3O2/c1-15-10(14)9-12-6-8(13-9)7-4-2-3-5-11-7/h2-6H,1H3,(H,12,13). The summed E-state index contributed by atoms with van der Waals surface area (Å²) in [5.41, 5.74) is 1.43. The highest BCUT2D eigenvalue weighted by Gasteiger charge is 2.10. The number of rotatable bonds is 2. The van der Waals surface area contributed by atoms with E-state index in [4.69, 9.17) is 0 Å². The highest BCUT2D eigenvalue weighted by molar-refractivity contribution is 5.85. The molecule has 0 aliphatic heterocycles. The molecule has 0 saturated carbocycles. The van der Waals surface area contributed by atoms with Gasteiger partial charge < -0.3 is 9.72 Å². The van der Waals surface area contributed by atoms with E-state index in [0.717, 1.165) is 5.69 Å². The lowest BCUT2D eigenvalue weighted by molar-refractivity contribution is 0.0588. The van der Waals surface area contributed by atoms with Crippen LogP contribution in [-0.4, -0.2) is 28.0 Å². The lowest BCUT2D eigenvalue weighted by Gasteiger charge is -1.94. The van der Waals surface area contributed by atoms with E-state index in [1.165, 1.54) is 7.11 Å². The van der Waals surface area contributed by atoms with Gasteiger partial charge in [-0.05, 0) is 12.1 Å². The summed E-state index contributed by atoms with van der Waals surface area (Å²) in [5, 5.41) is 0. The molecule has 0 spiro atoms. The van der Waals surface area contributed by atoms with Crippen molar-refractivity contribution in [1.29, 1.82) is 0 Å². The molecule has 15 heavy (non-hydrogen) atoms. The summed E-state index contributed by atoms with van der Waals surface area (Å²) in [6, 6.07) is 5.51. The zero-order valence-corrected chi connectivity index (χ0v) is 8.10. The third kappa shape index (κ3) is 1.85. The summed E-state index contributed by atoms with van der Waals surface area (Å²) in [6.07, 6.45) is 3.22. The number of aromatic nitrogens is 3. The molecule has 2 heterocycles. The summed E-state index contributed by atoms with van der Waals surface area (Å²) >= 11 is 0. The number of hydrogen-bond donors (Lipinski definition) is 1. The smallest absolute Gasteiger partial charge is 0.374 e. The quantitative estimate of drug-likeness (QED) is 0.746. The lowest BCUT2D eigenvalue weighted by atomic mass is 10.3. The van der Waals surface area contributed by atoms with Gasteiger partial charge in [0.1, 0.15) is 0 Å². The predicted molar refractivity (Wildman–Crippen MR) is 53.2 cm³/mol. The van der Waals surface area contributed by atoms with Crippen molar-refractivity contribution in [3.63, 3.8) is 0 Å². The Morgan fingerprint density at radius 3 is 2.93 bits per heavy atom. The molecular weight excluding hydrogens is 194 g/mol. The SMILES string of the molecule is COC(=O)c1ncc(-c2ccccn2)[nH]1. The van der Waals surface area contributed by atoms with Crippen molar-refractivity contribution in [1.82, 2.24) is 15.0 Å². The first-order valence-electron chi connectivity index (χ1n) is 4.36. The van der Waals surface area contributed by atoms with Gasteiger partial charge in [-0.1, -0.05) is 6.07 Å². The number of aromatic amines is 1. The van der Waals surface area contributed by atoms with Crippen LogP contribution in [0.5, 0.6) is 0 Å². The number of nitrogens with one attached hydrogen (secondary N) is 1. The average Bonchev–Trinajstić information content (AvgIpc) is 2.78. The number of H-pyrrole nitrogens is 1. The fraction of sp³-hybridized carbons (Fsp3) is 0.100. The minimum atomic E-state index is -0.489. The topological polar surface area (TPSA) is 67.9 Å². The largest absolute Gasteiger partial charge is 0.463 e. The van der Waals surface area contributed by atoms with Crippen LogP contribution in [0.1, 0.15) is 10.6 Å². The van der Waals surface area contributed by atoms with E-state index < -0.39 is 5.97 Å². The maximum absolute atomic E-state index is 11.1. The molecule has 0 saturated heterocycles. The zero-order chi connectivity index (χ0) is 10.7. The second-order valence-corrected chi connectivity index (χ2v) is 2.85. The number of hydrogen-bond acceptors (Lipinski definition) is 4. The van der Waals surface area contributed by atoms with Gasteiger partial charge in [0.05, 0.1) is 24.7 Å². The zero-order valence-electron chi connectivity index (χ0n) is 8.10. The van der Waals surface area contributed by atoms with Crippen LogP contribution in [0.2, 0.25) is 0 Å². The van der Waals surface area contributed by atoms with Crippen LogP contribution >= 0.6 is 0 Å². The van der Waals surface area contributed by atoms with E-state index in [1.807, 2.05) is 18.2 Å². The fourth-order valence-electron chi connectivity index (χ4n) is 1.17. The van der Waals surface area contributed by atoms with Gasteiger partial charge in [-0.3, -0.25) is 4.98 Å². The van der Waals surface area contributed by atoms with Crippen LogP contribution in [0.15, 0.2) is 30.6 Å². The molecule has 0 aliphatic carbocycles. The van der Waals surface area contributed by atoms with E-state index in [-0.39, 0.29) is 5.82 Å². The molecule has 0 bridgehead atoms. The van der Waals surface area contributed by atoms with Crippen molar-refractivity contribution in [3.05, 3.63) is 36.4 Å². The highest BCUT2D eigenvalue weighted by Crippen LogP contribution is 2.13. The van der Waals surface area contributed by atoms with Crippen LogP contribution < -0.4 is 0 Å². The Morgan fingerprint density at radius 1 is 1.40 bits per heavy atom. The number of carbonyl (C=O) groups is 1. The van der Waals surface area contributed by atoms with Gasteiger partial charge in [0.2, 0.25) is 5.82 Å². The van der Waals surface area contributed by atoms with Gasteiger partial charge in [-0.25, -0.2) is 9.78 Å². The van der Waals surface area contributed by atoms with Crippen molar-refractivity contribution in [2.45, 2.75) is 0 Å². The van der Waals surface area contributed by atoms with Crippen LogP contribution in [0.25, 0.3) is 11.4 Å². The van der Waals surface area contributed by atoms with Gasteiger partial charge in [0.25, 0.3) is 0 Å². The number of carbonyl (C=O) groups excluding carboxylic acids is 1. The minimum absolute atomic E-state index is 0.179. The van der Waals surface area contributed by atoms with E-state index in [1.54, 1.807) is 12.4 Å². The normalized spacial score (nSPS) is 9.93. The molecule has 5 nitrogen and oxygen atoms in total. The minimum Gasteiger partial charge on any atom is -0.463 e. The molecule has 0 fully saturated rings. The van der Waals surface area contributed by atoms with E-state index in [2.05, 4.69) is 19.7 Å². The Labute approximate surface area is 86.1 Å². The molecule has 0 aliphatic rings. The molecule has 1 N–H and O–H groups in total. The number of ether oxygens (including phenoxy) is 1. The first-order valence-corrected chi connectivity index (χ1v) is 4.36. The van der Waals surface area contributed by atoms with Crippen molar-refractivity contribution in [2.24, 2.45) is 0 Å². The van der Waals surface area contributed by atoms with E-state index >= 15 is 0 Å². The Hall–Kier alpha value is -2.17. The number of methoxy groups -OCH3 is 1. The molecule has 0 radical (unpaired) electrons. The van der Waals surface area contributed by atoms with Crippen molar-refractivity contribution in [3.8, 4) is 11.4 Å². The summed E-state index contributed by atoms with van der Waals surface area (Å²) in [5.74, 6) is -0.310. The Morgan fingerprint density at radius 2 is 2.27 bits per heavy atom. The van der Waals surface area contributed by atoms with Gasteiger partial charge in [0.15, 0.2) is 0 Å². The monoisotopic (exact) mass is 203 g/mol. The van der Waals surface area contributed by atoms with Gasteiger partial charge in [0, 0.05) is 6.20 Å². The molecule has 2 rings (SSSR count). The third-order valence-corrected chi connectivity index (χ3v) is 1.90. The number of pyridine rings is 1. The molecule has 5 heteroatoms. The van der Waals surface area contributed by atoms with Gasteiger partial charge >= 0.3 is 5.97 Å². The van der Waals surface area contributed by atoms with Crippen LogP contribution in [0, 0.1) is 0 Å². The predicted octanol–water partition coefficient (Wildman–Crippen LogP) is 1.26. The molecule has 0 amide bonds. The molecular formula is C10H9N3O2. The van der Waals surface area contributed by atoms with Crippen LogP contribution in [0.4, 0.5) is 0 Å². The summed E-state index contributed by atoms with van der Waals surface area (Å²) < 4.78 is 4.53. The summed E-state index contributed by atoms with van der Waals surface area (Å²) in [6.45, 7) is 0. The number of nitrogens with zero attached hydrogens (tertiary/aromatic N) is 2. The second-order valence-electron chi connectivity index (χ2n) is 2.85. The van der Waals surface area contributed by atoms with E-state index in [0.29, 0.717) is 5.69 Å². The highest BCUT2D eigenvalue weighted by atomic mass is 16.5. The maximum Gasteiger partial charge on any atom is 0.374 e. The number of imidazole rings is 1. The summed E-state index contributed by atoms with van der Waals surface area (Å²) in [7, 11) is 1.31. The molecule has 0 unspecified atom stereocenters. The van der Waals surface area contributed by atoms with Crippen molar-refractivity contribution < 1.29 is 9.53 Å². The fourth-order valence-corrected chi connectivity index (χ4v) is 1.17. The maximum atomic E-state index is 11.1. The first-order chi connectivity index (χ1) is 7.31.